The number of ketones is 1. The second kappa shape index (κ2) is 11.4. The predicted molar refractivity (Wildman–Crippen MR) is 73.5 cm³/mol. The molecule has 0 aliphatic carbocycles. The monoisotopic (exact) mass is 288 g/mol. The van der Waals surface area contributed by atoms with Crippen LogP contribution in [0.2, 0.25) is 0 Å². The molecule has 0 rings (SSSR count). The van der Waals surface area contributed by atoms with Crippen molar-refractivity contribution in [3.8, 4) is 0 Å². The van der Waals surface area contributed by atoms with Crippen molar-refractivity contribution in [2.45, 2.75) is 25.7 Å². The van der Waals surface area contributed by atoms with Crippen LogP contribution in [0.3, 0.4) is 0 Å². The van der Waals surface area contributed by atoms with Crippen LogP contribution < -0.4 is 5.32 Å². The lowest BCUT2D eigenvalue weighted by Crippen LogP contribution is -2.34. The van der Waals surface area contributed by atoms with Crippen LogP contribution in [0.1, 0.15) is 25.7 Å². The fraction of sp³-hybridized carbons (Fsp3) is 0.769. The number of nitrogens with zero attached hydrogens (tertiary/aromatic N) is 1. The van der Waals surface area contributed by atoms with Gasteiger partial charge in [-0.3, -0.25) is 14.4 Å². The minimum absolute atomic E-state index is 0.0115. The van der Waals surface area contributed by atoms with Crippen LogP contribution in [0.5, 0.6) is 0 Å². The Hall–Kier alpha value is -1.47. The minimum Gasteiger partial charge on any atom is -0.481 e. The van der Waals surface area contributed by atoms with Gasteiger partial charge in [-0.05, 0) is 7.05 Å². The van der Waals surface area contributed by atoms with Crippen LogP contribution in [0, 0.1) is 0 Å². The number of carbonyl (C=O) groups excluding carboxylic acids is 2. The van der Waals surface area contributed by atoms with Gasteiger partial charge >= 0.3 is 5.97 Å². The molecule has 0 aromatic carbocycles. The van der Waals surface area contributed by atoms with E-state index in [2.05, 4.69) is 5.32 Å². The van der Waals surface area contributed by atoms with Gasteiger partial charge in [0.15, 0.2) is 0 Å². The maximum atomic E-state index is 11.5. The van der Waals surface area contributed by atoms with E-state index in [9.17, 15) is 14.4 Å². The van der Waals surface area contributed by atoms with Gasteiger partial charge in [-0.1, -0.05) is 0 Å². The molecule has 0 aromatic heterocycles. The average Bonchev–Trinajstić information content (AvgIpc) is 2.40. The zero-order valence-electron chi connectivity index (χ0n) is 12.2. The lowest BCUT2D eigenvalue weighted by atomic mass is 10.1. The molecule has 20 heavy (non-hydrogen) atoms. The third-order valence-electron chi connectivity index (χ3n) is 2.74. The van der Waals surface area contributed by atoms with Crippen molar-refractivity contribution >= 4 is 17.7 Å². The quantitative estimate of drug-likeness (QED) is 0.520. The van der Waals surface area contributed by atoms with Gasteiger partial charge in [-0.25, -0.2) is 0 Å². The Morgan fingerprint density at radius 2 is 1.75 bits per heavy atom. The second-order valence-electron chi connectivity index (χ2n) is 4.58. The Kier molecular flexibility index (Phi) is 10.5. The molecule has 0 unspecified atom stereocenters. The van der Waals surface area contributed by atoms with E-state index in [1.165, 1.54) is 0 Å². The van der Waals surface area contributed by atoms with Crippen molar-refractivity contribution in [3.05, 3.63) is 0 Å². The highest BCUT2D eigenvalue weighted by Crippen LogP contribution is 1.99. The fourth-order valence-electron chi connectivity index (χ4n) is 1.46. The van der Waals surface area contributed by atoms with E-state index in [-0.39, 0.29) is 37.4 Å². The molecule has 0 aliphatic rings. The predicted octanol–water partition coefficient (Wildman–Crippen LogP) is -0.105. The maximum absolute atomic E-state index is 11.5. The van der Waals surface area contributed by atoms with Gasteiger partial charge in [0.1, 0.15) is 5.78 Å². The highest BCUT2D eigenvalue weighted by atomic mass is 16.5. The summed E-state index contributed by atoms with van der Waals surface area (Å²) in [4.78, 5) is 35.1. The number of carboxylic acids is 1. The largest absolute Gasteiger partial charge is 0.481 e. The Morgan fingerprint density at radius 1 is 1.10 bits per heavy atom. The Labute approximate surface area is 119 Å². The minimum atomic E-state index is -0.998. The third-order valence-corrected chi connectivity index (χ3v) is 2.74. The smallest absolute Gasteiger partial charge is 0.303 e. The van der Waals surface area contributed by atoms with E-state index in [1.54, 1.807) is 7.11 Å². The molecule has 7 nitrogen and oxygen atoms in total. The lowest BCUT2D eigenvalue weighted by molar-refractivity contribution is -0.138. The van der Waals surface area contributed by atoms with Crippen molar-refractivity contribution in [1.29, 1.82) is 0 Å². The van der Waals surface area contributed by atoms with Gasteiger partial charge in [0.2, 0.25) is 5.91 Å². The molecule has 0 fully saturated rings. The van der Waals surface area contributed by atoms with Crippen LogP contribution in [0.15, 0.2) is 0 Å². The Balaban J connectivity index is 3.58. The van der Waals surface area contributed by atoms with Crippen LogP contribution in [0.4, 0.5) is 0 Å². The number of methoxy groups -OCH3 is 1. The van der Waals surface area contributed by atoms with E-state index >= 15 is 0 Å². The summed E-state index contributed by atoms with van der Waals surface area (Å²) in [7, 11) is 3.57. The summed E-state index contributed by atoms with van der Waals surface area (Å²) in [6.07, 6.45) is 0.0198. The molecule has 0 spiro atoms. The summed E-state index contributed by atoms with van der Waals surface area (Å²) in [6, 6.07) is 0. The molecule has 0 heterocycles. The summed E-state index contributed by atoms with van der Waals surface area (Å²) < 4.78 is 4.94. The highest BCUT2D eigenvalue weighted by Gasteiger charge is 2.09. The molecule has 2 N–H and O–H groups in total. The fourth-order valence-corrected chi connectivity index (χ4v) is 1.46. The number of amides is 1. The number of hydrogen-bond donors (Lipinski definition) is 2. The zero-order valence-corrected chi connectivity index (χ0v) is 12.2. The van der Waals surface area contributed by atoms with Crippen LogP contribution >= 0.6 is 0 Å². The first-order valence-corrected chi connectivity index (χ1v) is 6.63. The topological polar surface area (TPSA) is 95.9 Å². The second-order valence-corrected chi connectivity index (χ2v) is 4.58. The van der Waals surface area contributed by atoms with Crippen molar-refractivity contribution in [2.75, 3.05) is 40.4 Å². The third kappa shape index (κ3) is 11.6. The number of Topliss-reactive ketones (excluding diaryl/α,β-unsaturated/α-hetero) is 1. The summed E-state index contributed by atoms with van der Waals surface area (Å²) in [5.41, 5.74) is 0. The first kappa shape index (κ1) is 18.5. The number of hydrogen-bond acceptors (Lipinski definition) is 5. The number of carboxylic acid groups (broad SMARTS) is 1. The van der Waals surface area contributed by atoms with Crippen molar-refractivity contribution in [1.82, 2.24) is 10.2 Å². The highest BCUT2D eigenvalue weighted by molar-refractivity contribution is 5.86. The number of carbonyl (C=O) groups is 3. The molecule has 0 bridgehead atoms. The summed E-state index contributed by atoms with van der Waals surface area (Å²) in [6.45, 7) is 2.66. The van der Waals surface area contributed by atoms with Gasteiger partial charge < -0.3 is 20.1 Å². The van der Waals surface area contributed by atoms with E-state index in [4.69, 9.17) is 9.84 Å². The van der Waals surface area contributed by atoms with Crippen molar-refractivity contribution in [3.63, 3.8) is 0 Å². The average molecular weight is 288 g/mol. The summed E-state index contributed by atoms with van der Waals surface area (Å²) in [5.74, 6) is -1.38. The molecule has 0 saturated heterocycles. The number of ether oxygens (including phenoxy) is 1. The van der Waals surface area contributed by atoms with Crippen LogP contribution in [0.25, 0.3) is 0 Å². The van der Waals surface area contributed by atoms with E-state index in [0.29, 0.717) is 19.7 Å². The van der Waals surface area contributed by atoms with Crippen LogP contribution in [-0.2, 0) is 19.1 Å². The molecule has 116 valence electrons. The normalized spacial score (nSPS) is 10.6. The molecule has 0 aliphatic heterocycles. The summed E-state index contributed by atoms with van der Waals surface area (Å²) in [5, 5.41) is 11.1. The zero-order chi connectivity index (χ0) is 15.4. The maximum Gasteiger partial charge on any atom is 0.303 e. The van der Waals surface area contributed by atoms with Gasteiger partial charge in [0.25, 0.3) is 0 Å². The molecule has 0 aromatic rings. The van der Waals surface area contributed by atoms with Gasteiger partial charge in [0.05, 0.1) is 13.0 Å². The standard InChI is InChI=1S/C13H24N2O5/c1-15(9-10-20-2)8-7-14-12(17)5-3-11(16)4-6-13(18)19/h3-10H2,1-2H3,(H,14,17)(H,18,19). The number of aliphatic carboxylic acids is 1. The van der Waals surface area contributed by atoms with Crippen molar-refractivity contribution < 1.29 is 24.2 Å². The first-order valence-electron chi connectivity index (χ1n) is 6.63. The molecule has 0 atom stereocenters. The SMILES string of the molecule is COCCN(C)CCNC(=O)CCC(=O)CCC(=O)O. The van der Waals surface area contributed by atoms with Crippen LogP contribution in [-0.4, -0.2) is 68.1 Å². The van der Waals surface area contributed by atoms with E-state index < -0.39 is 5.97 Å². The number of likely N-dealkylation sites (N-methyl/N-ethyl adjacent to an activating group) is 1. The summed E-state index contributed by atoms with van der Waals surface area (Å²) >= 11 is 0. The Bertz CT molecular complexity index is 320. The molecular formula is C13H24N2O5. The Morgan fingerprint density at radius 3 is 2.35 bits per heavy atom. The first-order chi connectivity index (χ1) is 9.45. The van der Waals surface area contributed by atoms with Gasteiger partial charge in [-0.15, -0.1) is 0 Å². The van der Waals surface area contributed by atoms with Gasteiger partial charge in [0, 0.05) is 46.0 Å². The molecule has 1 amide bonds. The molecule has 0 saturated carbocycles. The molecular weight excluding hydrogens is 264 g/mol. The van der Waals surface area contributed by atoms with E-state index in [1.807, 2.05) is 11.9 Å². The van der Waals surface area contributed by atoms with Gasteiger partial charge in [-0.2, -0.15) is 0 Å². The molecule has 7 heteroatoms. The lowest BCUT2D eigenvalue weighted by Gasteiger charge is -2.16. The number of rotatable bonds is 12. The molecule has 0 radical (unpaired) electrons. The number of nitrogens with one attached hydrogen (secondary N) is 1. The van der Waals surface area contributed by atoms with E-state index in [0.717, 1.165) is 6.54 Å². The van der Waals surface area contributed by atoms with Crippen molar-refractivity contribution in [2.24, 2.45) is 0 Å².